The Hall–Kier alpha value is -3.39. The molecule has 11 heteroatoms. The maximum atomic E-state index is 12.6. The molecule has 8 atom stereocenters. The number of hydrogen-bond acceptors (Lipinski definition) is 7. The molecular formula is C32H45N3O8. The van der Waals surface area contributed by atoms with Gasteiger partial charge in [-0.25, -0.2) is 4.79 Å². The number of carbonyl (C=O) groups excluding carboxylic acids is 2. The van der Waals surface area contributed by atoms with E-state index in [4.69, 9.17) is 16.4 Å². The summed E-state index contributed by atoms with van der Waals surface area (Å²) in [4.78, 5) is 52.9. The molecular weight excluding hydrogens is 554 g/mol. The third kappa shape index (κ3) is 6.17. The van der Waals surface area contributed by atoms with Gasteiger partial charge < -0.3 is 30.8 Å². The standard InChI is InChI=1S/C32H45N3O8/c1-6-32(42)14-11-23-21-8-7-19-15-20(9-12-30(19,4)22(21)10-13-31(23,32)5)35-43-17-25(36)34-27(18(2)3)28(39)33-24(29(40)41)16-26(37)38/h1,15,18,21-24,27,42H,7-14,16-17H2,2-5H3,(H,33,39)(H,34,36)(H,37,38)(H,40,41)/t21-,22-,23-,24+,27+,30+,31+,32-/m1/s1. The second kappa shape index (κ2) is 12.3. The molecule has 0 aromatic carbocycles. The Labute approximate surface area is 252 Å². The van der Waals surface area contributed by atoms with Crippen LogP contribution in [0.5, 0.6) is 0 Å². The van der Waals surface area contributed by atoms with Crippen molar-refractivity contribution in [2.75, 3.05) is 6.61 Å². The first kappa shape index (κ1) is 32.5. The van der Waals surface area contributed by atoms with Crippen LogP contribution in [0, 0.1) is 46.8 Å². The third-order valence-electron chi connectivity index (χ3n) is 11.0. The van der Waals surface area contributed by atoms with Gasteiger partial charge >= 0.3 is 11.9 Å². The predicted octanol–water partition coefficient (Wildman–Crippen LogP) is 2.87. The number of carboxylic acids is 2. The number of aliphatic carboxylic acids is 2. The van der Waals surface area contributed by atoms with Crippen LogP contribution in [0.3, 0.4) is 0 Å². The number of fused-ring (bicyclic) bond motifs is 5. The molecule has 4 rings (SSSR count). The molecule has 5 N–H and O–H groups in total. The fraction of sp³-hybridized carbons (Fsp3) is 0.719. The molecule has 0 aliphatic heterocycles. The van der Waals surface area contributed by atoms with Crippen molar-refractivity contribution in [3.05, 3.63) is 11.6 Å². The van der Waals surface area contributed by atoms with Crippen LogP contribution >= 0.6 is 0 Å². The summed E-state index contributed by atoms with van der Waals surface area (Å²) in [5, 5.41) is 38.3. The van der Waals surface area contributed by atoms with Crippen molar-refractivity contribution >= 4 is 29.5 Å². The summed E-state index contributed by atoms with van der Waals surface area (Å²) in [5.41, 5.74) is 0.909. The zero-order chi connectivity index (χ0) is 31.7. The Kier molecular flexibility index (Phi) is 9.31. The van der Waals surface area contributed by atoms with Gasteiger partial charge in [-0.3, -0.25) is 14.4 Å². The maximum absolute atomic E-state index is 12.6. The van der Waals surface area contributed by atoms with E-state index >= 15 is 0 Å². The molecule has 3 fully saturated rings. The number of carboxylic acid groups (broad SMARTS) is 2. The SMILES string of the molecule is C#C[C@@]1(O)CC[C@@H]2[C@@H]3CCC4=CC(=NOCC(=O)N[C@H](C(=O)N[C@@H](CC(=O)O)C(=O)O)C(C)C)CC[C@]4(C)[C@@H]3CC[C@@]21C. The van der Waals surface area contributed by atoms with Gasteiger partial charge in [0.15, 0.2) is 6.61 Å². The number of terminal acetylenes is 1. The Morgan fingerprint density at radius 1 is 1.07 bits per heavy atom. The molecule has 0 aromatic heterocycles. The van der Waals surface area contributed by atoms with E-state index in [9.17, 15) is 29.4 Å². The molecule has 0 bridgehead atoms. The van der Waals surface area contributed by atoms with Crippen LogP contribution in [-0.4, -0.2) is 69.1 Å². The Morgan fingerprint density at radius 3 is 2.40 bits per heavy atom. The van der Waals surface area contributed by atoms with E-state index in [-0.39, 0.29) is 10.8 Å². The second-order valence-corrected chi connectivity index (χ2v) is 13.6. The van der Waals surface area contributed by atoms with Gasteiger partial charge in [-0.2, -0.15) is 0 Å². The van der Waals surface area contributed by atoms with E-state index in [2.05, 4.69) is 41.6 Å². The van der Waals surface area contributed by atoms with E-state index in [1.165, 1.54) is 5.57 Å². The number of oxime groups is 1. The minimum atomic E-state index is -1.62. The average Bonchev–Trinajstić information content (AvgIpc) is 3.21. The molecule has 4 aliphatic rings. The summed E-state index contributed by atoms with van der Waals surface area (Å²) in [7, 11) is 0. The molecule has 43 heavy (non-hydrogen) atoms. The first-order valence-corrected chi connectivity index (χ1v) is 15.3. The van der Waals surface area contributed by atoms with E-state index in [1.807, 2.05) is 0 Å². The average molecular weight is 600 g/mol. The summed E-state index contributed by atoms with van der Waals surface area (Å²) in [6, 6.07) is -2.70. The summed E-state index contributed by atoms with van der Waals surface area (Å²) < 4.78 is 0. The largest absolute Gasteiger partial charge is 0.481 e. The molecule has 0 aromatic rings. The van der Waals surface area contributed by atoms with Crippen LogP contribution in [-0.2, 0) is 24.0 Å². The Balaban J connectivity index is 1.35. The van der Waals surface area contributed by atoms with Crippen molar-refractivity contribution in [2.24, 2.45) is 39.7 Å². The first-order valence-electron chi connectivity index (χ1n) is 15.3. The van der Waals surface area contributed by atoms with Crippen molar-refractivity contribution < 1.29 is 39.3 Å². The van der Waals surface area contributed by atoms with Crippen molar-refractivity contribution in [3.63, 3.8) is 0 Å². The molecule has 2 amide bonds. The second-order valence-electron chi connectivity index (χ2n) is 13.6. The van der Waals surface area contributed by atoms with E-state index < -0.39 is 60.4 Å². The van der Waals surface area contributed by atoms with Crippen molar-refractivity contribution in [1.29, 1.82) is 0 Å². The molecule has 0 saturated heterocycles. The summed E-state index contributed by atoms with van der Waals surface area (Å²) in [6.07, 6.45) is 14.4. The summed E-state index contributed by atoms with van der Waals surface area (Å²) in [5.74, 6) is -0.430. The zero-order valence-electron chi connectivity index (χ0n) is 25.5. The molecule has 11 nitrogen and oxygen atoms in total. The highest BCUT2D eigenvalue weighted by Gasteiger charge is 2.63. The summed E-state index contributed by atoms with van der Waals surface area (Å²) >= 11 is 0. The molecule has 3 saturated carbocycles. The lowest BCUT2D eigenvalue weighted by atomic mass is 9.46. The molecule has 0 heterocycles. The smallest absolute Gasteiger partial charge is 0.326 e. The van der Waals surface area contributed by atoms with Crippen molar-refractivity contribution in [2.45, 2.75) is 103 Å². The zero-order valence-corrected chi connectivity index (χ0v) is 25.5. The Bertz CT molecular complexity index is 1250. The number of rotatable bonds is 10. The number of carbonyl (C=O) groups is 4. The van der Waals surface area contributed by atoms with E-state index in [0.29, 0.717) is 30.6 Å². The van der Waals surface area contributed by atoms with Gasteiger partial charge in [-0.15, -0.1) is 6.42 Å². The van der Waals surface area contributed by atoms with Crippen molar-refractivity contribution in [3.8, 4) is 12.3 Å². The quantitative estimate of drug-likeness (QED) is 0.188. The number of nitrogens with one attached hydrogen (secondary N) is 2. The Morgan fingerprint density at radius 2 is 1.77 bits per heavy atom. The maximum Gasteiger partial charge on any atom is 0.326 e. The van der Waals surface area contributed by atoms with Crippen LogP contribution in [0.25, 0.3) is 0 Å². The highest BCUT2D eigenvalue weighted by Crippen LogP contribution is 2.67. The molecule has 236 valence electrons. The minimum Gasteiger partial charge on any atom is -0.481 e. The van der Waals surface area contributed by atoms with E-state index in [1.54, 1.807) is 13.8 Å². The third-order valence-corrected chi connectivity index (χ3v) is 11.0. The molecule has 0 spiro atoms. The summed E-state index contributed by atoms with van der Waals surface area (Å²) in [6.45, 7) is 7.46. The molecule has 0 radical (unpaired) electrons. The molecule has 4 aliphatic carbocycles. The van der Waals surface area contributed by atoms with Gasteiger partial charge in [-0.1, -0.05) is 44.3 Å². The lowest BCUT2D eigenvalue weighted by molar-refractivity contribution is -0.147. The van der Waals surface area contributed by atoms with Gasteiger partial charge in [-0.05, 0) is 86.5 Å². The van der Waals surface area contributed by atoms with Gasteiger partial charge in [0, 0.05) is 5.41 Å². The van der Waals surface area contributed by atoms with Gasteiger partial charge in [0.05, 0.1) is 12.1 Å². The van der Waals surface area contributed by atoms with Gasteiger partial charge in [0.1, 0.15) is 17.7 Å². The van der Waals surface area contributed by atoms with Crippen LogP contribution in [0.15, 0.2) is 16.8 Å². The van der Waals surface area contributed by atoms with Crippen molar-refractivity contribution in [1.82, 2.24) is 10.6 Å². The predicted molar refractivity (Wildman–Crippen MR) is 157 cm³/mol. The monoisotopic (exact) mass is 599 g/mol. The highest BCUT2D eigenvalue weighted by molar-refractivity contribution is 5.96. The van der Waals surface area contributed by atoms with Gasteiger partial charge in [0.2, 0.25) is 5.91 Å². The minimum absolute atomic E-state index is 0.0454. The lowest BCUT2D eigenvalue weighted by Gasteiger charge is -2.58. The number of hydrogen-bond donors (Lipinski definition) is 5. The number of nitrogens with zero attached hydrogens (tertiary/aromatic N) is 1. The van der Waals surface area contributed by atoms with Crippen LogP contribution in [0.4, 0.5) is 0 Å². The number of aliphatic hydroxyl groups is 1. The van der Waals surface area contributed by atoms with Crippen LogP contribution < -0.4 is 10.6 Å². The topological polar surface area (TPSA) is 175 Å². The van der Waals surface area contributed by atoms with Crippen LogP contribution in [0.2, 0.25) is 0 Å². The number of allylic oxidation sites excluding steroid dienone is 2. The fourth-order valence-electron chi connectivity index (χ4n) is 8.46. The van der Waals surface area contributed by atoms with Crippen LogP contribution in [0.1, 0.15) is 85.5 Å². The first-order chi connectivity index (χ1) is 20.1. The van der Waals surface area contributed by atoms with E-state index in [0.717, 1.165) is 44.2 Å². The lowest BCUT2D eigenvalue weighted by Crippen LogP contribution is -2.54. The highest BCUT2D eigenvalue weighted by atomic mass is 16.6. The normalized spacial score (nSPS) is 35.3. The number of amides is 2. The molecule has 0 unspecified atom stereocenters. The fourth-order valence-corrected chi connectivity index (χ4v) is 8.46. The van der Waals surface area contributed by atoms with Gasteiger partial charge in [0.25, 0.3) is 5.91 Å².